The molecule has 1 aliphatic heterocycles. The van der Waals surface area contributed by atoms with Gasteiger partial charge in [0.2, 0.25) is 0 Å². The van der Waals surface area contributed by atoms with Crippen molar-refractivity contribution >= 4 is 35.0 Å². The van der Waals surface area contributed by atoms with Crippen LogP contribution in [0.2, 0.25) is 5.02 Å². The fraction of sp³-hybridized carbons (Fsp3) is 0.360. The Bertz CT molecular complexity index is 1040. The monoisotopic (exact) mass is 466 g/mol. The standard InChI is InChI=1S/C25H27ClN4O3/c1-17(2)33-24(31)19-9-13-22(14-10-19)28-25(32)30-16-20(6-4-3-5-15-27)23(29-30)18-7-11-21(26)12-8-18/h7-14,17,20H,3-6,16H2,1-2H3,(H,28,32). The van der Waals surface area contributed by atoms with Gasteiger partial charge in [-0.15, -0.1) is 0 Å². The van der Waals surface area contributed by atoms with Crippen LogP contribution >= 0.6 is 11.6 Å². The van der Waals surface area contributed by atoms with Crippen molar-refractivity contribution in [1.82, 2.24) is 5.01 Å². The molecule has 172 valence electrons. The smallest absolute Gasteiger partial charge is 0.342 e. The summed E-state index contributed by atoms with van der Waals surface area (Å²) < 4.78 is 5.18. The van der Waals surface area contributed by atoms with Crippen LogP contribution in [0.5, 0.6) is 0 Å². The van der Waals surface area contributed by atoms with Crippen molar-refractivity contribution in [3.8, 4) is 6.07 Å². The number of hydrogen-bond acceptors (Lipinski definition) is 5. The maximum Gasteiger partial charge on any atom is 0.342 e. The second-order valence-electron chi connectivity index (χ2n) is 8.14. The zero-order chi connectivity index (χ0) is 23.8. The van der Waals surface area contributed by atoms with Gasteiger partial charge in [0.05, 0.1) is 30.0 Å². The predicted molar refractivity (Wildman–Crippen MR) is 128 cm³/mol. The lowest BCUT2D eigenvalue weighted by Crippen LogP contribution is -2.30. The average Bonchev–Trinajstić information content (AvgIpc) is 3.21. The minimum atomic E-state index is -0.404. The van der Waals surface area contributed by atoms with E-state index in [9.17, 15) is 9.59 Å². The Labute approximate surface area is 199 Å². The van der Waals surface area contributed by atoms with Crippen molar-refractivity contribution in [1.29, 1.82) is 5.26 Å². The molecule has 7 nitrogen and oxygen atoms in total. The molecule has 33 heavy (non-hydrogen) atoms. The summed E-state index contributed by atoms with van der Waals surface area (Å²) in [7, 11) is 0. The number of carbonyl (C=O) groups is 2. The molecule has 0 saturated heterocycles. The molecule has 1 heterocycles. The number of hydrazone groups is 1. The summed E-state index contributed by atoms with van der Waals surface area (Å²) in [5.41, 5.74) is 2.74. The number of ether oxygens (including phenoxy) is 1. The SMILES string of the molecule is CC(C)OC(=O)c1ccc(NC(=O)N2CC(CCCCC#N)C(c3ccc(Cl)cc3)=N2)cc1. The molecule has 0 fully saturated rings. The van der Waals surface area contributed by atoms with Crippen LogP contribution in [0.4, 0.5) is 10.5 Å². The maximum absolute atomic E-state index is 12.9. The minimum absolute atomic E-state index is 0.0730. The van der Waals surface area contributed by atoms with Crippen LogP contribution in [-0.2, 0) is 4.74 Å². The number of anilines is 1. The highest BCUT2D eigenvalue weighted by atomic mass is 35.5. The quantitative estimate of drug-likeness (QED) is 0.389. The van der Waals surface area contributed by atoms with Crippen molar-refractivity contribution in [2.24, 2.45) is 11.0 Å². The maximum atomic E-state index is 12.9. The topological polar surface area (TPSA) is 94.8 Å². The Balaban J connectivity index is 1.69. The lowest BCUT2D eigenvalue weighted by atomic mass is 9.92. The zero-order valence-corrected chi connectivity index (χ0v) is 19.5. The van der Waals surface area contributed by atoms with Crippen LogP contribution in [0.3, 0.4) is 0 Å². The molecule has 1 N–H and O–H groups in total. The van der Waals surface area contributed by atoms with E-state index < -0.39 is 5.97 Å². The number of benzene rings is 2. The average molecular weight is 467 g/mol. The van der Waals surface area contributed by atoms with E-state index in [1.165, 1.54) is 5.01 Å². The van der Waals surface area contributed by atoms with E-state index in [-0.39, 0.29) is 18.1 Å². The van der Waals surface area contributed by atoms with Crippen LogP contribution in [-0.4, -0.2) is 35.4 Å². The molecule has 1 atom stereocenters. The van der Waals surface area contributed by atoms with Crippen LogP contribution < -0.4 is 5.32 Å². The molecule has 1 unspecified atom stereocenters. The Morgan fingerprint density at radius 1 is 1.18 bits per heavy atom. The second-order valence-corrected chi connectivity index (χ2v) is 8.57. The van der Waals surface area contributed by atoms with Crippen molar-refractivity contribution in [2.45, 2.75) is 45.6 Å². The fourth-order valence-electron chi connectivity index (χ4n) is 3.57. The van der Waals surface area contributed by atoms with Gasteiger partial charge < -0.3 is 10.1 Å². The zero-order valence-electron chi connectivity index (χ0n) is 18.8. The number of halogens is 1. The van der Waals surface area contributed by atoms with E-state index in [0.29, 0.717) is 29.2 Å². The Morgan fingerprint density at radius 3 is 2.52 bits per heavy atom. The van der Waals surface area contributed by atoms with E-state index in [0.717, 1.165) is 30.5 Å². The molecule has 0 radical (unpaired) electrons. The summed E-state index contributed by atoms with van der Waals surface area (Å²) in [5, 5.41) is 18.3. The third-order valence-corrected chi connectivity index (χ3v) is 5.44. The number of urea groups is 1. The first kappa shape index (κ1) is 24.3. The van der Waals surface area contributed by atoms with E-state index in [4.69, 9.17) is 21.6 Å². The molecule has 8 heteroatoms. The first-order valence-electron chi connectivity index (χ1n) is 11.0. The first-order valence-corrected chi connectivity index (χ1v) is 11.4. The van der Waals surface area contributed by atoms with Gasteiger partial charge in [-0.3, -0.25) is 0 Å². The lowest BCUT2D eigenvalue weighted by molar-refractivity contribution is 0.0378. The molecule has 2 aromatic carbocycles. The van der Waals surface area contributed by atoms with E-state index >= 15 is 0 Å². The molecule has 0 aromatic heterocycles. The highest BCUT2D eigenvalue weighted by molar-refractivity contribution is 6.30. The number of unbranched alkanes of at least 4 members (excludes halogenated alkanes) is 2. The molecule has 2 amide bonds. The van der Waals surface area contributed by atoms with Crippen molar-refractivity contribution in [2.75, 3.05) is 11.9 Å². The number of esters is 1. The summed E-state index contributed by atoms with van der Waals surface area (Å²) in [6.45, 7) is 4.03. The Kier molecular flexibility index (Phi) is 8.45. The van der Waals surface area contributed by atoms with Gasteiger partial charge in [-0.25, -0.2) is 14.6 Å². The number of nitriles is 1. The highest BCUT2D eigenvalue weighted by Crippen LogP contribution is 2.26. The Morgan fingerprint density at radius 2 is 1.88 bits per heavy atom. The van der Waals surface area contributed by atoms with Crippen LogP contribution in [0.1, 0.15) is 55.5 Å². The number of nitrogens with zero attached hydrogens (tertiary/aromatic N) is 3. The number of hydrogen-bond donors (Lipinski definition) is 1. The van der Waals surface area contributed by atoms with Gasteiger partial charge >= 0.3 is 12.0 Å². The van der Waals surface area contributed by atoms with Gasteiger partial charge in [-0.05, 0) is 68.7 Å². The largest absolute Gasteiger partial charge is 0.459 e. The van der Waals surface area contributed by atoms with Gasteiger partial charge in [0, 0.05) is 23.0 Å². The molecule has 0 saturated carbocycles. The second kappa shape index (κ2) is 11.5. The molecule has 1 aliphatic rings. The molecular weight excluding hydrogens is 440 g/mol. The summed E-state index contributed by atoms with van der Waals surface area (Å²) in [5.74, 6) is -0.331. The minimum Gasteiger partial charge on any atom is -0.459 e. The third-order valence-electron chi connectivity index (χ3n) is 5.19. The third kappa shape index (κ3) is 6.80. The van der Waals surface area contributed by atoms with E-state index in [1.54, 1.807) is 50.2 Å². The highest BCUT2D eigenvalue weighted by Gasteiger charge is 2.30. The van der Waals surface area contributed by atoms with E-state index in [2.05, 4.69) is 16.5 Å². The number of nitrogens with one attached hydrogen (secondary N) is 1. The van der Waals surface area contributed by atoms with Crippen LogP contribution in [0, 0.1) is 17.2 Å². The molecule has 3 rings (SSSR count). The summed E-state index contributed by atoms with van der Waals surface area (Å²) in [4.78, 5) is 24.9. The summed E-state index contributed by atoms with van der Waals surface area (Å²) >= 11 is 6.02. The molecule has 0 aliphatic carbocycles. The van der Waals surface area contributed by atoms with Gasteiger partial charge in [0.15, 0.2) is 0 Å². The number of amides is 2. The predicted octanol–water partition coefficient (Wildman–Crippen LogP) is 5.86. The molecular formula is C25H27ClN4O3. The van der Waals surface area contributed by atoms with Crippen molar-refractivity contribution < 1.29 is 14.3 Å². The van der Waals surface area contributed by atoms with Crippen molar-refractivity contribution in [3.05, 3.63) is 64.7 Å². The number of rotatable bonds is 8. The molecule has 0 bridgehead atoms. The lowest BCUT2D eigenvalue weighted by Gasteiger charge is -2.15. The van der Waals surface area contributed by atoms with Gasteiger partial charge in [-0.2, -0.15) is 10.4 Å². The first-order chi connectivity index (χ1) is 15.9. The normalized spacial score (nSPS) is 15.2. The Hall–Kier alpha value is -3.37. The summed E-state index contributed by atoms with van der Waals surface area (Å²) in [6.07, 6.45) is 2.85. The number of carbonyl (C=O) groups excluding carboxylic acids is 2. The fourth-order valence-corrected chi connectivity index (χ4v) is 3.70. The van der Waals surface area contributed by atoms with Gasteiger partial charge in [0.25, 0.3) is 0 Å². The summed E-state index contributed by atoms with van der Waals surface area (Å²) in [6, 6.07) is 15.8. The van der Waals surface area contributed by atoms with E-state index in [1.807, 2.05) is 12.1 Å². The van der Waals surface area contributed by atoms with Gasteiger partial charge in [-0.1, -0.05) is 30.2 Å². The van der Waals surface area contributed by atoms with Crippen LogP contribution in [0.25, 0.3) is 0 Å². The molecule has 2 aromatic rings. The molecule has 0 spiro atoms. The van der Waals surface area contributed by atoms with Crippen LogP contribution in [0.15, 0.2) is 53.6 Å². The van der Waals surface area contributed by atoms with Gasteiger partial charge in [0.1, 0.15) is 0 Å². The van der Waals surface area contributed by atoms with Crippen molar-refractivity contribution in [3.63, 3.8) is 0 Å².